The molecule has 0 saturated carbocycles. The number of rotatable bonds is 1. The zero-order valence-electron chi connectivity index (χ0n) is 17.9. The number of halogens is 2. The Labute approximate surface area is 189 Å². The second-order valence-electron chi connectivity index (χ2n) is 7.87. The van der Waals surface area contributed by atoms with E-state index in [0.29, 0.717) is 29.4 Å². The maximum Gasteiger partial charge on any atom is 0.166 e. The molecule has 1 aromatic carbocycles. The standard InChI is InChI=1S/C23H22ClFN6O/c1-4-30-21-14-8-20(23(26)27-11-14)32-13(3)17-9-15(25)5-6-19(17)31-16(7-12(2)28-31)10-18(21)22(24)29-30/h5-9,11,13H,4,10H2,1-3H3,(H2,26,27)/t13-/m1/s1. The van der Waals surface area contributed by atoms with Gasteiger partial charge in [-0.3, -0.25) is 4.68 Å². The number of nitrogens with zero attached hydrogens (tertiary/aromatic N) is 5. The zero-order valence-corrected chi connectivity index (χ0v) is 18.7. The van der Waals surface area contributed by atoms with Crippen molar-refractivity contribution in [3.05, 3.63) is 70.0 Å². The summed E-state index contributed by atoms with van der Waals surface area (Å²) in [5, 5.41) is 9.64. The predicted molar refractivity (Wildman–Crippen MR) is 121 cm³/mol. The summed E-state index contributed by atoms with van der Waals surface area (Å²) in [5.41, 5.74) is 11.7. The van der Waals surface area contributed by atoms with Crippen LogP contribution in [0.3, 0.4) is 0 Å². The fourth-order valence-electron chi connectivity index (χ4n) is 4.22. The Morgan fingerprint density at radius 1 is 1.25 bits per heavy atom. The van der Waals surface area contributed by atoms with Crippen LogP contribution >= 0.6 is 11.6 Å². The summed E-state index contributed by atoms with van der Waals surface area (Å²) in [4.78, 5) is 4.35. The second-order valence-corrected chi connectivity index (χ2v) is 8.23. The number of aryl methyl sites for hydroxylation is 2. The molecule has 4 heterocycles. The molecule has 7 nitrogen and oxygen atoms in total. The highest BCUT2D eigenvalue weighted by atomic mass is 35.5. The monoisotopic (exact) mass is 452 g/mol. The van der Waals surface area contributed by atoms with Gasteiger partial charge in [-0.2, -0.15) is 10.2 Å². The number of fused-ring (bicyclic) bond motifs is 7. The van der Waals surface area contributed by atoms with Crippen LogP contribution in [-0.4, -0.2) is 24.5 Å². The molecule has 1 atom stereocenters. The van der Waals surface area contributed by atoms with Gasteiger partial charge in [-0.15, -0.1) is 0 Å². The SMILES string of the molecule is CCn1nc(Cl)c2c1-c1cnc(N)c(c1)O[C@H](C)c1cc(F)ccc1-n1nc(C)cc1C2. The van der Waals surface area contributed by atoms with Gasteiger partial charge >= 0.3 is 0 Å². The molecule has 0 radical (unpaired) electrons. The van der Waals surface area contributed by atoms with Crippen LogP contribution in [0.15, 0.2) is 36.5 Å². The van der Waals surface area contributed by atoms with Gasteiger partial charge in [0.15, 0.2) is 16.7 Å². The van der Waals surface area contributed by atoms with Crippen molar-refractivity contribution in [2.75, 3.05) is 5.73 Å². The van der Waals surface area contributed by atoms with Crippen molar-refractivity contribution in [3.8, 4) is 22.7 Å². The first-order valence-corrected chi connectivity index (χ1v) is 10.8. The van der Waals surface area contributed by atoms with Gasteiger partial charge in [-0.1, -0.05) is 11.6 Å². The van der Waals surface area contributed by atoms with Gasteiger partial charge in [0.25, 0.3) is 0 Å². The van der Waals surface area contributed by atoms with Crippen molar-refractivity contribution in [1.29, 1.82) is 0 Å². The molecule has 0 fully saturated rings. The lowest BCUT2D eigenvalue weighted by Gasteiger charge is -2.22. The highest BCUT2D eigenvalue weighted by Crippen LogP contribution is 2.37. The number of anilines is 1. The number of pyridine rings is 1. The molecule has 32 heavy (non-hydrogen) atoms. The molecule has 0 saturated heterocycles. The quantitative estimate of drug-likeness (QED) is 0.445. The number of hydrogen-bond acceptors (Lipinski definition) is 5. The molecule has 9 heteroatoms. The number of benzene rings is 1. The van der Waals surface area contributed by atoms with E-state index in [9.17, 15) is 4.39 Å². The summed E-state index contributed by atoms with van der Waals surface area (Å²) in [7, 11) is 0. The van der Waals surface area contributed by atoms with E-state index >= 15 is 0 Å². The van der Waals surface area contributed by atoms with Crippen LogP contribution in [0.2, 0.25) is 5.15 Å². The molecule has 0 amide bonds. The summed E-state index contributed by atoms with van der Waals surface area (Å²) >= 11 is 6.61. The fourth-order valence-corrected chi connectivity index (χ4v) is 4.47. The van der Waals surface area contributed by atoms with E-state index < -0.39 is 6.10 Å². The minimum atomic E-state index is -0.504. The molecule has 3 aromatic heterocycles. The first-order valence-electron chi connectivity index (χ1n) is 10.4. The van der Waals surface area contributed by atoms with E-state index in [0.717, 1.165) is 33.9 Å². The number of aromatic nitrogens is 5. The van der Waals surface area contributed by atoms with Crippen molar-refractivity contribution in [2.24, 2.45) is 0 Å². The van der Waals surface area contributed by atoms with Crippen LogP contribution in [0.25, 0.3) is 16.9 Å². The van der Waals surface area contributed by atoms with Gasteiger partial charge in [-0.25, -0.2) is 14.1 Å². The molecule has 2 N–H and O–H groups in total. The lowest BCUT2D eigenvalue weighted by molar-refractivity contribution is 0.226. The normalized spacial score (nSPS) is 15.1. The van der Waals surface area contributed by atoms with Crippen LogP contribution in [0, 0.1) is 12.7 Å². The molecule has 164 valence electrons. The Morgan fingerprint density at radius 3 is 2.84 bits per heavy atom. The first-order chi connectivity index (χ1) is 15.4. The van der Waals surface area contributed by atoms with Gasteiger partial charge in [0, 0.05) is 41.5 Å². The topological polar surface area (TPSA) is 83.8 Å². The third kappa shape index (κ3) is 3.31. The van der Waals surface area contributed by atoms with E-state index in [4.69, 9.17) is 27.2 Å². The molecule has 0 unspecified atom stereocenters. The minimum Gasteiger partial charge on any atom is -0.482 e. The average Bonchev–Trinajstić information content (AvgIpc) is 3.28. The highest BCUT2D eigenvalue weighted by molar-refractivity contribution is 6.30. The van der Waals surface area contributed by atoms with Crippen LogP contribution < -0.4 is 10.5 Å². The maximum absolute atomic E-state index is 14.2. The Balaban J connectivity index is 1.84. The largest absolute Gasteiger partial charge is 0.482 e. The number of nitrogen functional groups attached to an aromatic ring is 1. The molecule has 5 rings (SSSR count). The van der Waals surface area contributed by atoms with Gasteiger partial charge in [0.2, 0.25) is 0 Å². The fraction of sp³-hybridized carbons (Fsp3) is 0.261. The van der Waals surface area contributed by atoms with Gasteiger partial charge in [-0.05, 0) is 51.1 Å². The molecule has 4 aromatic rings. The van der Waals surface area contributed by atoms with Crippen LogP contribution in [0.5, 0.6) is 5.75 Å². The molecule has 0 aliphatic carbocycles. The van der Waals surface area contributed by atoms with Gasteiger partial charge in [0.1, 0.15) is 11.9 Å². The third-order valence-electron chi connectivity index (χ3n) is 5.68. The smallest absolute Gasteiger partial charge is 0.166 e. The van der Waals surface area contributed by atoms with Crippen molar-refractivity contribution < 1.29 is 9.13 Å². The van der Waals surface area contributed by atoms with Crippen LogP contribution in [-0.2, 0) is 13.0 Å². The molecular formula is C23H22ClFN6O. The van der Waals surface area contributed by atoms with E-state index in [1.54, 1.807) is 12.3 Å². The minimum absolute atomic E-state index is 0.251. The van der Waals surface area contributed by atoms with Crippen molar-refractivity contribution >= 4 is 17.4 Å². The van der Waals surface area contributed by atoms with E-state index in [2.05, 4.69) is 10.1 Å². The van der Waals surface area contributed by atoms with Gasteiger partial charge in [0.05, 0.1) is 17.1 Å². The first kappa shape index (κ1) is 20.5. The maximum atomic E-state index is 14.2. The van der Waals surface area contributed by atoms with Crippen molar-refractivity contribution in [2.45, 2.75) is 39.8 Å². The summed E-state index contributed by atoms with van der Waals surface area (Å²) in [6, 6.07) is 8.43. The van der Waals surface area contributed by atoms with E-state index in [1.807, 2.05) is 42.3 Å². The number of nitrogens with two attached hydrogens (primary N) is 1. The third-order valence-corrected chi connectivity index (χ3v) is 5.98. The molecule has 0 spiro atoms. The second kappa shape index (κ2) is 7.63. The highest BCUT2D eigenvalue weighted by Gasteiger charge is 2.25. The summed E-state index contributed by atoms with van der Waals surface area (Å²) < 4.78 is 24.1. The number of ether oxygens (including phenoxy) is 1. The number of hydrogen-bond donors (Lipinski definition) is 1. The zero-order chi connectivity index (χ0) is 22.6. The lowest BCUT2D eigenvalue weighted by atomic mass is 10.0. The van der Waals surface area contributed by atoms with E-state index in [1.165, 1.54) is 12.1 Å². The predicted octanol–water partition coefficient (Wildman–Crippen LogP) is 4.88. The molecule has 1 aliphatic heterocycles. The van der Waals surface area contributed by atoms with Crippen LogP contribution in [0.1, 0.15) is 42.5 Å². The van der Waals surface area contributed by atoms with E-state index in [-0.39, 0.29) is 11.6 Å². The lowest BCUT2D eigenvalue weighted by Crippen LogP contribution is -2.13. The summed E-state index contributed by atoms with van der Waals surface area (Å²) in [5.74, 6) is 0.307. The Morgan fingerprint density at radius 2 is 2.06 bits per heavy atom. The molecule has 2 bridgehead atoms. The van der Waals surface area contributed by atoms with Crippen molar-refractivity contribution in [1.82, 2.24) is 24.5 Å². The Bertz CT molecular complexity index is 1340. The summed E-state index contributed by atoms with van der Waals surface area (Å²) in [6.45, 7) is 6.41. The molecular weight excluding hydrogens is 431 g/mol. The Kier molecular flexibility index (Phi) is 4.89. The van der Waals surface area contributed by atoms with Crippen molar-refractivity contribution in [3.63, 3.8) is 0 Å². The van der Waals surface area contributed by atoms with Gasteiger partial charge < -0.3 is 10.5 Å². The summed E-state index contributed by atoms with van der Waals surface area (Å²) in [6.07, 6.45) is 1.68. The Hall–Kier alpha value is -3.39. The average molecular weight is 453 g/mol. The molecule has 1 aliphatic rings. The van der Waals surface area contributed by atoms with Crippen LogP contribution in [0.4, 0.5) is 10.2 Å².